The van der Waals surface area contributed by atoms with Gasteiger partial charge in [0.2, 0.25) is 0 Å². The van der Waals surface area contributed by atoms with E-state index in [0.29, 0.717) is 20.0 Å². The molecule has 0 aliphatic carbocycles. The maximum atomic E-state index is 13.7. The molecule has 0 radical (unpaired) electrons. The number of aryl methyl sites for hydroxylation is 1. The van der Waals surface area contributed by atoms with Crippen molar-refractivity contribution in [2.45, 2.75) is 33.2 Å². The molecule has 0 spiro atoms. The maximum Gasteiger partial charge on any atom is 0.270 e. The Balaban J connectivity index is 1.89. The zero-order valence-corrected chi connectivity index (χ0v) is 18.0. The van der Waals surface area contributed by atoms with Crippen molar-refractivity contribution >= 4 is 55.9 Å². The molecule has 0 saturated carbocycles. The average Bonchev–Trinajstić information content (AvgIpc) is 2.96. The zero-order valence-electron chi connectivity index (χ0n) is 16.4. The highest BCUT2D eigenvalue weighted by molar-refractivity contribution is 7.21. The highest BCUT2D eigenvalue weighted by Crippen LogP contribution is 2.43. The maximum absolute atomic E-state index is 13.7. The van der Waals surface area contributed by atoms with Gasteiger partial charge in [0.15, 0.2) is 0 Å². The minimum atomic E-state index is -0.548. The first kappa shape index (κ1) is 19.6. The fourth-order valence-electron chi connectivity index (χ4n) is 3.92. The van der Waals surface area contributed by atoms with Gasteiger partial charge in [-0.05, 0) is 51.0 Å². The van der Waals surface area contributed by atoms with Crippen molar-refractivity contribution in [2.24, 2.45) is 0 Å². The van der Waals surface area contributed by atoms with Crippen LogP contribution in [0, 0.1) is 17.0 Å². The van der Waals surface area contributed by atoms with Crippen LogP contribution in [0.3, 0.4) is 0 Å². The number of carbonyl (C=O) groups is 1. The summed E-state index contributed by atoms with van der Waals surface area (Å²) in [7, 11) is 0. The first-order valence-corrected chi connectivity index (χ1v) is 10.3. The number of hydrogen-bond donors (Lipinski definition) is 0. The molecular formula is C22H19ClN2O3S. The number of non-ortho nitro benzene ring substituents is 1. The monoisotopic (exact) mass is 426 g/mol. The first-order valence-electron chi connectivity index (χ1n) is 9.11. The van der Waals surface area contributed by atoms with E-state index < -0.39 is 10.5 Å². The van der Waals surface area contributed by atoms with Gasteiger partial charge in [-0.3, -0.25) is 19.8 Å². The Morgan fingerprint density at radius 1 is 1.17 bits per heavy atom. The van der Waals surface area contributed by atoms with Crippen molar-refractivity contribution in [1.82, 2.24) is 0 Å². The molecule has 4 rings (SSSR count). The van der Waals surface area contributed by atoms with E-state index in [2.05, 4.69) is 6.08 Å². The predicted molar refractivity (Wildman–Crippen MR) is 119 cm³/mol. The second-order valence-corrected chi connectivity index (χ2v) is 9.26. The van der Waals surface area contributed by atoms with Crippen molar-refractivity contribution in [2.75, 3.05) is 4.90 Å². The number of halogens is 1. The minimum absolute atomic E-state index is 0.0211. The Kier molecular flexibility index (Phi) is 4.52. The summed E-state index contributed by atoms with van der Waals surface area (Å²) in [6, 6.07) is 10.5. The minimum Gasteiger partial charge on any atom is -0.298 e. The van der Waals surface area contributed by atoms with E-state index >= 15 is 0 Å². The number of anilines is 1. The van der Waals surface area contributed by atoms with Gasteiger partial charge in [0.1, 0.15) is 4.88 Å². The first-order chi connectivity index (χ1) is 13.6. The molecule has 7 heteroatoms. The van der Waals surface area contributed by atoms with E-state index in [-0.39, 0.29) is 11.6 Å². The number of hydrogen-bond acceptors (Lipinski definition) is 4. The molecule has 1 amide bonds. The molecule has 0 saturated heterocycles. The van der Waals surface area contributed by atoms with Crippen molar-refractivity contribution in [3.8, 4) is 0 Å². The van der Waals surface area contributed by atoms with Crippen LogP contribution in [0.2, 0.25) is 5.02 Å². The lowest BCUT2D eigenvalue weighted by Gasteiger charge is -2.41. The lowest BCUT2D eigenvalue weighted by molar-refractivity contribution is -0.384. The van der Waals surface area contributed by atoms with Crippen molar-refractivity contribution in [3.63, 3.8) is 0 Å². The van der Waals surface area contributed by atoms with Crippen molar-refractivity contribution in [3.05, 3.63) is 73.6 Å². The van der Waals surface area contributed by atoms with Crippen LogP contribution in [-0.2, 0) is 0 Å². The van der Waals surface area contributed by atoms with Crippen LogP contribution in [-0.4, -0.2) is 16.4 Å². The number of amides is 1. The lowest BCUT2D eigenvalue weighted by atomic mass is 9.88. The second kappa shape index (κ2) is 6.68. The van der Waals surface area contributed by atoms with E-state index in [1.54, 1.807) is 11.0 Å². The molecule has 0 bridgehead atoms. The summed E-state index contributed by atoms with van der Waals surface area (Å²) in [6.45, 7) is 8.02. The number of benzene rings is 2. The van der Waals surface area contributed by atoms with Gasteiger partial charge >= 0.3 is 0 Å². The number of allylic oxidation sites excluding steroid dienone is 1. The smallest absolute Gasteiger partial charge is 0.270 e. The summed E-state index contributed by atoms with van der Waals surface area (Å²) in [5.41, 5.74) is 3.47. The SMILES string of the molecule is CC1=CC(C)(C)N(C(=O)c2sc3cc([N+](=O)[O-])ccc3c2Cl)c2cc(C)ccc21. The topological polar surface area (TPSA) is 63.5 Å². The van der Waals surface area contributed by atoms with Crippen molar-refractivity contribution in [1.29, 1.82) is 0 Å². The summed E-state index contributed by atoms with van der Waals surface area (Å²) in [5, 5.41) is 12.1. The van der Waals surface area contributed by atoms with E-state index in [9.17, 15) is 14.9 Å². The highest BCUT2D eigenvalue weighted by atomic mass is 35.5. The molecule has 2 heterocycles. The Morgan fingerprint density at radius 2 is 1.90 bits per heavy atom. The number of nitro groups is 1. The Hall–Kier alpha value is -2.70. The van der Waals surface area contributed by atoms with E-state index in [1.807, 2.05) is 45.9 Å². The van der Waals surface area contributed by atoms with Crippen LogP contribution in [0.5, 0.6) is 0 Å². The van der Waals surface area contributed by atoms with E-state index in [1.165, 1.54) is 23.5 Å². The number of nitrogens with zero attached hydrogens (tertiary/aromatic N) is 2. The van der Waals surface area contributed by atoms with Crippen LogP contribution in [0.25, 0.3) is 15.7 Å². The number of fused-ring (bicyclic) bond motifs is 2. The van der Waals surface area contributed by atoms with Gasteiger partial charge in [-0.15, -0.1) is 11.3 Å². The molecule has 1 aliphatic rings. The van der Waals surface area contributed by atoms with Gasteiger partial charge in [-0.1, -0.05) is 29.8 Å². The molecular weight excluding hydrogens is 408 g/mol. The predicted octanol–water partition coefficient (Wildman–Crippen LogP) is 6.61. The van der Waals surface area contributed by atoms with Gasteiger partial charge in [0.25, 0.3) is 11.6 Å². The average molecular weight is 427 g/mol. The number of thiophene rings is 1. The number of rotatable bonds is 2. The fraction of sp³-hybridized carbons (Fsp3) is 0.227. The summed E-state index contributed by atoms with van der Waals surface area (Å²) in [4.78, 5) is 26.5. The molecule has 1 aromatic heterocycles. The van der Waals surface area contributed by atoms with E-state index in [0.717, 1.165) is 22.4 Å². The molecule has 5 nitrogen and oxygen atoms in total. The fourth-order valence-corrected chi connectivity index (χ4v) is 5.40. The molecule has 148 valence electrons. The lowest BCUT2D eigenvalue weighted by Crippen LogP contribution is -2.48. The van der Waals surface area contributed by atoms with Crippen LogP contribution < -0.4 is 4.90 Å². The Bertz CT molecular complexity index is 1230. The summed E-state index contributed by atoms with van der Waals surface area (Å²) < 4.78 is 0.624. The molecule has 0 fully saturated rings. The molecule has 1 aliphatic heterocycles. The molecule has 3 aromatic rings. The highest BCUT2D eigenvalue weighted by Gasteiger charge is 2.38. The third-order valence-corrected chi connectivity index (χ3v) is 6.83. The molecule has 0 N–H and O–H groups in total. The van der Waals surface area contributed by atoms with Crippen LogP contribution >= 0.6 is 22.9 Å². The third-order valence-electron chi connectivity index (χ3n) is 5.19. The zero-order chi connectivity index (χ0) is 21.1. The molecule has 0 unspecified atom stereocenters. The standard InChI is InChI=1S/C22H19ClN2O3S/c1-12-5-7-15-13(2)11-22(3,4)24(17(15)9-12)21(26)20-19(23)16-8-6-14(25(27)28)10-18(16)29-20/h5-11H,1-4H3. The largest absolute Gasteiger partial charge is 0.298 e. The number of carbonyl (C=O) groups excluding carboxylic acids is 1. The third kappa shape index (κ3) is 3.12. The Morgan fingerprint density at radius 3 is 2.59 bits per heavy atom. The van der Waals surface area contributed by atoms with Gasteiger partial charge in [-0.2, -0.15) is 0 Å². The molecule has 29 heavy (non-hydrogen) atoms. The summed E-state index contributed by atoms with van der Waals surface area (Å²) in [6.07, 6.45) is 2.08. The normalized spacial score (nSPS) is 15.2. The number of nitro benzene ring substituents is 1. The second-order valence-electron chi connectivity index (χ2n) is 7.82. The molecule has 0 atom stereocenters. The van der Waals surface area contributed by atoms with E-state index in [4.69, 9.17) is 11.6 Å². The molecule has 2 aromatic carbocycles. The summed E-state index contributed by atoms with van der Waals surface area (Å²) >= 11 is 7.75. The summed E-state index contributed by atoms with van der Waals surface area (Å²) in [5.74, 6) is -0.209. The van der Waals surface area contributed by atoms with Crippen LogP contribution in [0.15, 0.2) is 42.5 Å². The van der Waals surface area contributed by atoms with Crippen LogP contribution in [0.1, 0.15) is 41.6 Å². The van der Waals surface area contributed by atoms with Crippen LogP contribution in [0.4, 0.5) is 11.4 Å². The van der Waals surface area contributed by atoms with Gasteiger partial charge in [0, 0.05) is 27.8 Å². The van der Waals surface area contributed by atoms with Gasteiger partial charge < -0.3 is 0 Å². The van der Waals surface area contributed by atoms with Gasteiger partial charge in [-0.25, -0.2) is 0 Å². The van der Waals surface area contributed by atoms with Gasteiger partial charge in [0.05, 0.1) is 21.2 Å². The van der Waals surface area contributed by atoms with Crippen molar-refractivity contribution < 1.29 is 9.72 Å². The quantitative estimate of drug-likeness (QED) is 0.342. The Labute approximate surface area is 177 Å².